The molecule has 28 heavy (non-hydrogen) atoms. The zero-order chi connectivity index (χ0) is 19.7. The number of carbonyl (C=O) groups excluding carboxylic acids is 2. The van der Waals surface area contributed by atoms with E-state index >= 15 is 0 Å². The number of fused-ring (bicyclic) bond motifs is 3. The molecule has 0 radical (unpaired) electrons. The van der Waals surface area contributed by atoms with Crippen LogP contribution in [-0.2, 0) is 0 Å². The van der Waals surface area contributed by atoms with Crippen LogP contribution in [0.25, 0.3) is 0 Å². The van der Waals surface area contributed by atoms with Gasteiger partial charge in [0.2, 0.25) is 0 Å². The van der Waals surface area contributed by atoms with E-state index in [1.807, 2.05) is 30.3 Å². The molecule has 2 atom stereocenters. The number of aromatic nitrogens is 1. The lowest BCUT2D eigenvalue weighted by Crippen LogP contribution is -2.62. The van der Waals surface area contributed by atoms with Crippen LogP contribution in [0.15, 0.2) is 52.4 Å². The Labute approximate surface area is 169 Å². The summed E-state index contributed by atoms with van der Waals surface area (Å²) in [6.07, 6.45) is 4.07. The minimum Gasteiger partial charge on any atom is -0.347 e. The molecule has 5 rings (SSSR count). The number of nitrogens with zero attached hydrogens (tertiary/aromatic N) is 2. The molecule has 3 fully saturated rings. The molecule has 6 heteroatoms. The van der Waals surface area contributed by atoms with Crippen molar-refractivity contribution in [1.29, 1.82) is 0 Å². The molecule has 0 aliphatic carbocycles. The topological polar surface area (TPSA) is 62.3 Å². The number of Topliss-reactive ketones (excluding diaryl/α,β-unsaturated/α-hetero) is 1. The molecular weight excluding hydrogens is 370 g/mol. The zero-order valence-corrected chi connectivity index (χ0v) is 17.0. The van der Waals surface area contributed by atoms with Gasteiger partial charge in [-0.05, 0) is 75.2 Å². The molecular formula is C22H25N3O2S. The second-order valence-corrected chi connectivity index (χ2v) is 8.82. The predicted molar refractivity (Wildman–Crippen MR) is 110 cm³/mol. The molecule has 2 aromatic rings. The Balaban J connectivity index is 1.38. The smallest absolute Gasteiger partial charge is 0.251 e. The molecule has 1 aromatic carbocycles. The highest BCUT2D eigenvalue weighted by molar-refractivity contribution is 7.99. The Bertz CT molecular complexity index is 856. The van der Waals surface area contributed by atoms with Gasteiger partial charge in [-0.25, -0.2) is 0 Å². The van der Waals surface area contributed by atoms with Crippen LogP contribution in [0, 0.1) is 5.92 Å². The number of amides is 1. The quantitative estimate of drug-likeness (QED) is 0.783. The first-order chi connectivity index (χ1) is 13.5. The lowest BCUT2D eigenvalue weighted by molar-refractivity contribution is 0.0217. The van der Waals surface area contributed by atoms with Crippen molar-refractivity contribution in [2.45, 2.75) is 48.6 Å². The maximum atomic E-state index is 12.7. The van der Waals surface area contributed by atoms with Gasteiger partial charge >= 0.3 is 0 Å². The van der Waals surface area contributed by atoms with Crippen molar-refractivity contribution in [2.24, 2.45) is 5.92 Å². The highest BCUT2D eigenvalue weighted by atomic mass is 32.2. The largest absolute Gasteiger partial charge is 0.347 e. The third kappa shape index (κ3) is 3.98. The Morgan fingerprint density at radius 2 is 1.75 bits per heavy atom. The van der Waals surface area contributed by atoms with Crippen molar-refractivity contribution < 1.29 is 9.59 Å². The van der Waals surface area contributed by atoms with Gasteiger partial charge in [-0.2, -0.15) is 0 Å². The number of carbonyl (C=O) groups is 2. The van der Waals surface area contributed by atoms with Crippen molar-refractivity contribution in [3.05, 3.63) is 53.9 Å². The number of hydrogen-bond acceptors (Lipinski definition) is 5. The lowest BCUT2D eigenvalue weighted by atomic mass is 9.79. The van der Waals surface area contributed by atoms with Crippen LogP contribution in [0.1, 0.15) is 47.5 Å². The molecule has 0 saturated carbocycles. The van der Waals surface area contributed by atoms with E-state index in [-0.39, 0.29) is 17.7 Å². The fraction of sp³-hybridized carbons (Fsp3) is 0.409. The molecule has 3 saturated heterocycles. The molecule has 0 spiro atoms. The summed E-state index contributed by atoms with van der Waals surface area (Å²) in [5, 5.41) is 3.27. The molecule has 3 aliphatic heterocycles. The molecule has 1 N–H and O–H groups in total. The van der Waals surface area contributed by atoms with Gasteiger partial charge in [-0.15, -0.1) is 0 Å². The van der Waals surface area contributed by atoms with Gasteiger partial charge in [0.1, 0.15) is 5.69 Å². The fourth-order valence-electron chi connectivity index (χ4n) is 4.24. The summed E-state index contributed by atoms with van der Waals surface area (Å²) in [5.74, 6) is 0.572. The number of piperidine rings is 3. The van der Waals surface area contributed by atoms with Gasteiger partial charge in [0, 0.05) is 40.6 Å². The van der Waals surface area contributed by atoms with E-state index in [9.17, 15) is 9.59 Å². The van der Waals surface area contributed by atoms with Crippen molar-refractivity contribution in [1.82, 2.24) is 15.2 Å². The number of nitrogens with one attached hydrogen (secondary N) is 1. The second-order valence-electron chi connectivity index (χ2n) is 7.68. The Morgan fingerprint density at radius 1 is 1.07 bits per heavy atom. The number of benzene rings is 1. The Morgan fingerprint density at radius 3 is 2.32 bits per heavy atom. The third-order valence-corrected chi connectivity index (χ3v) is 6.91. The standard InChI is InChI=1S/C22H25N3O2S/c1-14-21(16-9-11-25(14)12-10-16)24-22(27)17-3-5-18(6-4-17)28-19-7-8-20(15(2)26)23-13-19/h3-8,13-14,16,21H,9-12H2,1-2H3,(H,24,27)/t14-,21-/m0/s1. The summed E-state index contributed by atoms with van der Waals surface area (Å²) >= 11 is 1.56. The highest BCUT2D eigenvalue weighted by Gasteiger charge is 2.40. The van der Waals surface area contributed by atoms with Gasteiger partial charge in [0.05, 0.1) is 0 Å². The summed E-state index contributed by atoms with van der Waals surface area (Å²) in [7, 11) is 0. The van der Waals surface area contributed by atoms with E-state index in [1.165, 1.54) is 19.8 Å². The van der Waals surface area contributed by atoms with E-state index in [0.29, 0.717) is 23.2 Å². The predicted octanol–water partition coefficient (Wildman–Crippen LogP) is 3.65. The van der Waals surface area contributed by atoms with Gasteiger partial charge in [-0.1, -0.05) is 11.8 Å². The van der Waals surface area contributed by atoms with Crippen LogP contribution in [0.5, 0.6) is 0 Å². The molecule has 5 nitrogen and oxygen atoms in total. The molecule has 1 amide bonds. The van der Waals surface area contributed by atoms with Crippen LogP contribution in [0.3, 0.4) is 0 Å². The lowest BCUT2D eigenvalue weighted by Gasteiger charge is -2.49. The summed E-state index contributed by atoms with van der Waals surface area (Å²) < 4.78 is 0. The Kier molecular flexibility index (Phi) is 5.51. The molecule has 0 unspecified atom stereocenters. The van der Waals surface area contributed by atoms with Gasteiger partial charge in [-0.3, -0.25) is 19.5 Å². The van der Waals surface area contributed by atoms with Crippen molar-refractivity contribution in [3.63, 3.8) is 0 Å². The highest BCUT2D eigenvalue weighted by Crippen LogP contribution is 2.32. The monoisotopic (exact) mass is 395 g/mol. The fourth-order valence-corrected chi connectivity index (χ4v) is 5.03. The summed E-state index contributed by atoms with van der Waals surface area (Å²) in [4.78, 5) is 32.7. The maximum Gasteiger partial charge on any atom is 0.251 e. The van der Waals surface area contributed by atoms with Crippen LogP contribution in [0.4, 0.5) is 0 Å². The third-order valence-electron chi connectivity index (χ3n) is 5.92. The van der Waals surface area contributed by atoms with Crippen LogP contribution < -0.4 is 5.32 Å². The first-order valence-electron chi connectivity index (χ1n) is 9.81. The second kappa shape index (κ2) is 8.05. The Hall–Kier alpha value is -2.18. The summed E-state index contributed by atoms with van der Waals surface area (Å²) in [6.45, 7) is 6.05. The van der Waals surface area contributed by atoms with Crippen molar-refractivity contribution in [2.75, 3.05) is 13.1 Å². The van der Waals surface area contributed by atoms with Crippen LogP contribution >= 0.6 is 11.8 Å². The average molecular weight is 396 g/mol. The summed E-state index contributed by atoms with van der Waals surface area (Å²) in [5.41, 5.74) is 1.16. The average Bonchev–Trinajstić information content (AvgIpc) is 2.72. The van der Waals surface area contributed by atoms with Gasteiger partial charge < -0.3 is 5.32 Å². The van der Waals surface area contributed by atoms with Crippen LogP contribution in [0.2, 0.25) is 0 Å². The number of rotatable bonds is 5. The van der Waals surface area contributed by atoms with E-state index in [4.69, 9.17) is 0 Å². The first-order valence-corrected chi connectivity index (χ1v) is 10.6. The molecule has 2 bridgehead atoms. The van der Waals surface area contributed by atoms with E-state index in [1.54, 1.807) is 24.0 Å². The molecule has 4 heterocycles. The number of hydrogen-bond donors (Lipinski definition) is 1. The van der Waals surface area contributed by atoms with Crippen molar-refractivity contribution >= 4 is 23.5 Å². The number of ketones is 1. The maximum absolute atomic E-state index is 12.7. The molecule has 3 aliphatic rings. The minimum absolute atomic E-state index is 0.00891. The molecule has 1 aromatic heterocycles. The normalized spacial score (nSPS) is 26.1. The van der Waals surface area contributed by atoms with Gasteiger partial charge in [0.15, 0.2) is 5.78 Å². The van der Waals surface area contributed by atoms with Gasteiger partial charge in [0.25, 0.3) is 5.91 Å². The SMILES string of the molecule is CC(=O)c1ccc(Sc2ccc(C(=O)N[C@@H]3C4CCN(CC4)[C@H]3C)cc2)cn1. The zero-order valence-electron chi connectivity index (χ0n) is 16.2. The first kappa shape index (κ1) is 19.2. The van der Waals surface area contributed by atoms with Crippen molar-refractivity contribution in [3.8, 4) is 0 Å². The summed E-state index contributed by atoms with van der Waals surface area (Å²) in [6, 6.07) is 12.0. The van der Waals surface area contributed by atoms with E-state index < -0.39 is 0 Å². The van der Waals surface area contributed by atoms with E-state index in [2.05, 4.69) is 22.1 Å². The molecule has 146 valence electrons. The van der Waals surface area contributed by atoms with E-state index in [0.717, 1.165) is 22.9 Å². The number of pyridine rings is 1. The minimum atomic E-state index is -0.0378. The van der Waals surface area contributed by atoms with Crippen LogP contribution in [-0.4, -0.2) is 46.7 Å².